The zero-order valence-electron chi connectivity index (χ0n) is 13.8. The molecule has 2 aromatic carbocycles. The third-order valence-corrected chi connectivity index (χ3v) is 3.85. The van der Waals surface area contributed by atoms with E-state index in [9.17, 15) is 5.11 Å². The van der Waals surface area contributed by atoms with Crippen molar-refractivity contribution in [3.63, 3.8) is 0 Å². The molecule has 0 saturated heterocycles. The van der Waals surface area contributed by atoms with Crippen LogP contribution < -0.4 is 0 Å². The van der Waals surface area contributed by atoms with Crippen molar-refractivity contribution in [2.75, 3.05) is 0 Å². The number of nitrogens with zero attached hydrogens (tertiary/aromatic N) is 2. The van der Waals surface area contributed by atoms with Crippen LogP contribution in [0.1, 0.15) is 19.4 Å². The van der Waals surface area contributed by atoms with Crippen LogP contribution >= 0.6 is 0 Å². The Labute approximate surface area is 137 Å². The Morgan fingerprint density at radius 3 is 2.22 bits per heavy atom. The first-order valence-electron chi connectivity index (χ1n) is 7.98. The number of aromatic nitrogens is 2. The molecule has 23 heavy (non-hydrogen) atoms. The smallest absolute Gasteiger partial charge is 0.218 e. The van der Waals surface area contributed by atoms with Crippen LogP contribution in [0.2, 0.25) is 0 Å². The molecule has 0 aliphatic rings. The minimum Gasteiger partial charge on any atom is -0.493 e. The highest BCUT2D eigenvalue weighted by molar-refractivity contribution is 5.84. The highest BCUT2D eigenvalue weighted by atomic mass is 16.3. The van der Waals surface area contributed by atoms with Crippen LogP contribution in [0.4, 0.5) is 0 Å². The molecule has 0 radical (unpaired) electrons. The Morgan fingerprint density at radius 2 is 1.61 bits per heavy atom. The quantitative estimate of drug-likeness (QED) is 0.745. The molecule has 0 aliphatic carbocycles. The average Bonchev–Trinajstić information content (AvgIpc) is 2.85. The Hall–Kier alpha value is -2.55. The maximum Gasteiger partial charge on any atom is 0.218 e. The molecule has 0 atom stereocenters. The normalized spacial score (nSPS) is 11.1. The molecule has 1 heterocycles. The number of rotatable bonds is 4. The van der Waals surface area contributed by atoms with Crippen LogP contribution in [0, 0.1) is 12.8 Å². The van der Waals surface area contributed by atoms with Crippen LogP contribution in [0.15, 0.2) is 54.6 Å². The van der Waals surface area contributed by atoms with E-state index in [1.165, 1.54) is 5.56 Å². The lowest BCUT2D eigenvalue weighted by molar-refractivity contribution is 0.373. The number of aryl methyl sites for hydroxylation is 1. The van der Waals surface area contributed by atoms with Crippen LogP contribution in [0.25, 0.3) is 22.4 Å². The molecular formula is C20H22N2O. The average molecular weight is 306 g/mol. The fourth-order valence-electron chi connectivity index (χ4n) is 2.71. The van der Waals surface area contributed by atoms with Crippen LogP contribution in [0.5, 0.6) is 5.88 Å². The zero-order chi connectivity index (χ0) is 16.4. The first kappa shape index (κ1) is 15.3. The molecule has 0 fully saturated rings. The highest BCUT2D eigenvalue weighted by Crippen LogP contribution is 2.38. The van der Waals surface area contributed by atoms with Gasteiger partial charge in [-0.15, -0.1) is 0 Å². The summed E-state index contributed by atoms with van der Waals surface area (Å²) in [4.78, 5) is 0. The Kier molecular flexibility index (Phi) is 4.20. The Balaban J connectivity index is 2.19. The van der Waals surface area contributed by atoms with E-state index in [2.05, 4.69) is 38.0 Å². The summed E-state index contributed by atoms with van der Waals surface area (Å²) in [7, 11) is 0. The van der Waals surface area contributed by atoms with Gasteiger partial charge >= 0.3 is 0 Å². The predicted octanol–water partition coefficient (Wildman–Crippen LogP) is 4.89. The summed E-state index contributed by atoms with van der Waals surface area (Å²) < 4.78 is 1.71. The molecule has 3 aromatic rings. The first-order chi connectivity index (χ1) is 11.1. The lowest BCUT2D eigenvalue weighted by atomic mass is 10.0. The van der Waals surface area contributed by atoms with E-state index in [1.54, 1.807) is 4.68 Å². The first-order valence-corrected chi connectivity index (χ1v) is 7.98. The minimum absolute atomic E-state index is 0.237. The lowest BCUT2D eigenvalue weighted by Crippen LogP contribution is -2.05. The van der Waals surface area contributed by atoms with Crippen molar-refractivity contribution in [1.29, 1.82) is 0 Å². The molecule has 3 nitrogen and oxygen atoms in total. The van der Waals surface area contributed by atoms with E-state index in [4.69, 9.17) is 0 Å². The third-order valence-electron chi connectivity index (χ3n) is 3.85. The molecule has 3 heteroatoms. The summed E-state index contributed by atoms with van der Waals surface area (Å²) in [6.45, 7) is 6.99. The summed E-state index contributed by atoms with van der Waals surface area (Å²) in [5.41, 5.74) is 4.83. The number of hydrogen-bond acceptors (Lipinski definition) is 2. The summed E-state index contributed by atoms with van der Waals surface area (Å²) in [5.74, 6) is 0.650. The van der Waals surface area contributed by atoms with Gasteiger partial charge in [0, 0.05) is 12.1 Å². The maximum atomic E-state index is 10.7. The van der Waals surface area contributed by atoms with Crippen molar-refractivity contribution in [1.82, 2.24) is 9.78 Å². The van der Waals surface area contributed by atoms with Crippen molar-refractivity contribution in [2.24, 2.45) is 5.92 Å². The number of benzene rings is 2. The summed E-state index contributed by atoms with van der Waals surface area (Å²) in [6, 6.07) is 18.2. The van der Waals surface area contributed by atoms with Gasteiger partial charge in [0.25, 0.3) is 0 Å². The van der Waals surface area contributed by atoms with Crippen molar-refractivity contribution in [3.8, 4) is 28.3 Å². The molecule has 1 N–H and O–H groups in total. The number of hydrogen-bond donors (Lipinski definition) is 1. The van der Waals surface area contributed by atoms with Gasteiger partial charge in [0.2, 0.25) is 5.88 Å². The van der Waals surface area contributed by atoms with Gasteiger partial charge in [-0.2, -0.15) is 5.10 Å². The number of aromatic hydroxyl groups is 1. The molecule has 118 valence electrons. The second-order valence-corrected chi connectivity index (χ2v) is 6.36. The molecule has 0 aliphatic heterocycles. The molecule has 0 amide bonds. The monoisotopic (exact) mass is 306 g/mol. The van der Waals surface area contributed by atoms with E-state index in [0.717, 1.165) is 22.4 Å². The van der Waals surface area contributed by atoms with Crippen molar-refractivity contribution in [3.05, 3.63) is 60.2 Å². The largest absolute Gasteiger partial charge is 0.493 e. The molecule has 0 unspecified atom stereocenters. The molecule has 3 rings (SSSR count). The topological polar surface area (TPSA) is 38.0 Å². The summed E-state index contributed by atoms with van der Waals surface area (Å²) in [6.07, 6.45) is 0. The van der Waals surface area contributed by atoms with Crippen molar-refractivity contribution >= 4 is 0 Å². The molecule has 1 aromatic heterocycles. The van der Waals surface area contributed by atoms with Gasteiger partial charge in [0.05, 0.1) is 5.56 Å². The van der Waals surface area contributed by atoms with E-state index in [-0.39, 0.29) is 5.88 Å². The SMILES string of the molecule is Cc1ccc(-c2c(-c3ccccc3)nn(CC(C)C)c2O)cc1. The van der Waals surface area contributed by atoms with Crippen LogP contribution in [-0.2, 0) is 6.54 Å². The Morgan fingerprint density at radius 1 is 0.957 bits per heavy atom. The van der Waals surface area contributed by atoms with Crippen molar-refractivity contribution in [2.45, 2.75) is 27.3 Å². The molecular weight excluding hydrogens is 284 g/mol. The van der Waals surface area contributed by atoms with Gasteiger partial charge in [-0.3, -0.25) is 0 Å². The second kappa shape index (κ2) is 6.29. The summed E-state index contributed by atoms with van der Waals surface area (Å²) >= 11 is 0. The Bertz CT molecular complexity index is 787. The fraction of sp³-hybridized carbons (Fsp3) is 0.250. The van der Waals surface area contributed by atoms with E-state index < -0.39 is 0 Å². The highest BCUT2D eigenvalue weighted by Gasteiger charge is 2.20. The minimum atomic E-state index is 0.237. The van der Waals surface area contributed by atoms with Gasteiger partial charge in [-0.1, -0.05) is 74.0 Å². The van der Waals surface area contributed by atoms with E-state index >= 15 is 0 Å². The van der Waals surface area contributed by atoms with Crippen LogP contribution in [0.3, 0.4) is 0 Å². The van der Waals surface area contributed by atoms with Gasteiger partial charge < -0.3 is 5.11 Å². The van der Waals surface area contributed by atoms with Crippen LogP contribution in [-0.4, -0.2) is 14.9 Å². The maximum absolute atomic E-state index is 10.7. The van der Waals surface area contributed by atoms with Crippen molar-refractivity contribution < 1.29 is 5.11 Å². The van der Waals surface area contributed by atoms with E-state index in [1.807, 2.05) is 42.5 Å². The van der Waals surface area contributed by atoms with Gasteiger partial charge in [-0.05, 0) is 18.4 Å². The summed E-state index contributed by atoms with van der Waals surface area (Å²) in [5, 5.41) is 15.4. The zero-order valence-corrected chi connectivity index (χ0v) is 13.8. The second-order valence-electron chi connectivity index (χ2n) is 6.36. The van der Waals surface area contributed by atoms with Gasteiger partial charge in [0.1, 0.15) is 5.69 Å². The predicted molar refractivity (Wildman–Crippen MR) is 94.3 cm³/mol. The van der Waals surface area contributed by atoms with Gasteiger partial charge in [-0.25, -0.2) is 4.68 Å². The fourth-order valence-corrected chi connectivity index (χ4v) is 2.71. The standard InChI is InChI=1S/C20H22N2O/c1-14(2)13-22-20(23)18(16-11-9-15(3)10-12-16)19(21-22)17-7-5-4-6-8-17/h4-12,14,23H,13H2,1-3H3. The van der Waals surface area contributed by atoms with Gasteiger partial charge in [0.15, 0.2) is 0 Å². The third kappa shape index (κ3) is 3.14. The van der Waals surface area contributed by atoms with E-state index in [0.29, 0.717) is 12.5 Å². The molecule has 0 spiro atoms. The lowest BCUT2D eigenvalue weighted by Gasteiger charge is -2.06. The molecule has 0 bridgehead atoms. The molecule has 0 saturated carbocycles.